The van der Waals surface area contributed by atoms with Gasteiger partial charge in [-0.25, -0.2) is 15.0 Å². The van der Waals surface area contributed by atoms with E-state index in [-0.39, 0.29) is 11.7 Å². The van der Waals surface area contributed by atoms with E-state index in [0.717, 1.165) is 56.1 Å². The Kier molecular flexibility index (Phi) is 9.60. The van der Waals surface area contributed by atoms with Gasteiger partial charge >= 0.3 is 0 Å². The van der Waals surface area contributed by atoms with Crippen molar-refractivity contribution in [3.8, 4) is 11.4 Å². The fourth-order valence-electron chi connectivity index (χ4n) is 6.53. The highest BCUT2D eigenvalue weighted by Crippen LogP contribution is 2.33. The number of nitrogens with one attached hydrogen (secondary N) is 2. The quantitative estimate of drug-likeness (QED) is 0.322. The normalized spacial score (nSPS) is 19.3. The van der Waals surface area contributed by atoms with Gasteiger partial charge in [0, 0.05) is 81.3 Å². The van der Waals surface area contributed by atoms with Crippen molar-refractivity contribution in [1.82, 2.24) is 24.8 Å². The summed E-state index contributed by atoms with van der Waals surface area (Å²) >= 11 is 1.53. The van der Waals surface area contributed by atoms with Crippen LogP contribution in [0.4, 0.5) is 23.0 Å². The molecule has 4 N–H and O–H groups in total. The minimum Gasteiger partial charge on any atom is -0.381 e. The van der Waals surface area contributed by atoms with Crippen molar-refractivity contribution >= 4 is 40.3 Å². The number of anilines is 4. The predicted octanol–water partition coefficient (Wildman–Crippen LogP) is 4.12. The van der Waals surface area contributed by atoms with Crippen LogP contribution in [-0.2, 0) is 11.2 Å². The van der Waals surface area contributed by atoms with E-state index in [1.54, 1.807) is 0 Å². The number of amides is 1. The summed E-state index contributed by atoms with van der Waals surface area (Å²) in [7, 11) is 2.22. The highest BCUT2D eigenvalue weighted by molar-refractivity contribution is 7.09. The summed E-state index contributed by atoms with van der Waals surface area (Å²) in [4.78, 5) is 34.6. The van der Waals surface area contributed by atoms with Crippen LogP contribution in [0.5, 0.6) is 0 Å². The summed E-state index contributed by atoms with van der Waals surface area (Å²) < 4.78 is 5.55. The molecule has 1 amide bonds. The lowest BCUT2D eigenvalue weighted by molar-refractivity contribution is 0.0904. The number of benzene rings is 1. The van der Waals surface area contributed by atoms with Gasteiger partial charge in [-0.1, -0.05) is 6.92 Å². The fourth-order valence-corrected chi connectivity index (χ4v) is 7.13. The number of nitrogens with zero attached hydrogens (tertiary/aromatic N) is 6. The third-order valence-corrected chi connectivity index (χ3v) is 9.91. The second kappa shape index (κ2) is 13.8. The molecule has 6 rings (SSSR count). The molecule has 0 radical (unpaired) electrons. The molecule has 3 saturated heterocycles. The third-order valence-electron chi connectivity index (χ3n) is 9.14. The number of nitrogens with two attached hydrogens (primary N) is 1. The van der Waals surface area contributed by atoms with E-state index in [2.05, 4.69) is 62.5 Å². The number of ether oxygens (including phenoxy) is 1. The second-order valence-corrected chi connectivity index (χ2v) is 13.2. The van der Waals surface area contributed by atoms with E-state index in [1.807, 2.05) is 12.3 Å². The van der Waals surface area contributed by atoms with E-state index >= 15 is 0 Å². The van der Waals surface area contributed by atoms with Crippen molar-refractivity contribution in [3.05, 3.63) is 39.8 Å². The van der Waals surface area contributed by atoms with E-state index in [4.69, 9.17) is 20.4 Å². The minimum absolute atomic E-state index is 0.0938. The molecule has 12 heteroatoms. The third kappa shape index (κ3) is 6.98. The van der Waals surface area contributed by atoms with Gasteiger partial charge in [0.2, 0.25) is 0 Å². The molecule has 0 saturated carbocycles. The van der Waals surface area contributed by atoms with Crippen molar-refractivity contribution < 1.29 is 9.53 Å². The maximum atomic E-state index is 12.7. The number of thiazole rings is 1. The monoisotopic (exact) mass is 619 g/mol. The number of aryl methyl sites for hydroxylation is 2. The van der Waals surface area contributed by atoms with Crippen LogP contribution in [0.3, 0.4) is 0 Å². The first-order chi connectivity index (χ1) is 21.4. The molecule has 0 spiro atoms. The molecule has 3 aliphatic heterocycles. The molecule has 5 heterocycles. The van der Waals surface area contributed by atoms with Crippen LogP contribution in [0.2, 0.25) is 0 Å². The van der Waals surface area contributed by atoms with Crippen LogP contribution in [-0.4, -0.2) is 102 Å². The maximum Gasteiger partial charge on any atom is 0.271 e. The maximum absolute atomic E-state index is 12.7. The van der Waals surface area contributed by atoms with Crippen LogP contribution < -0.4 is 21.3 Å². The Labute approximate surface area is 264 Å². The number of hydrogen-bond donors (Lipinski definition) is 3. The molecule has 11 nitrogen and oxygen atoms in total. The minimum atomic E-state index is -0.638. The lowest BCUT2D eigenvalue weighted by Crippen LogP contribution is -2.52. The number of primary amides is 1. The molecule has 3 aliphatic rings. The molecule has 3 aromatic rings. The molecule has 0 aliphatic carbocycles. The lowest BCUT2D eigenvalue weighted by Gasteiger charge is -2.43. The summed E-state index contributed by atoms with van der Waals surface area (Å²) in [6.45, 7) is 12.3. The average Bonchev–Trinajstić information content (AvgIpc) is 3.48. The predicted molar refractivity (Wildman–Crippen MR) is 177 cm³/mol. The summed E-state index contributed by atoms with van der Waals surface area (Å²) in [5.41, 5.74) is 10.6. The zero-order valence-corrected chi connectivity index (χ0v) is 27.0. The van der Waals surface area contributed by atoms with Crippen molar-refractivity contribution in [2.75, 3.05) is 75.1 Å². The summed E-state index contributed by atoms with van der Waals surface area (Å²) in [6, 6.07) is 7.29. The first-order valence-corrected chi connectivity index (χ1v) is 16.8. The Hall–Kier alpha value is -3.32. The van der Waals surface area contributed by atoms with Crippen LogP contribution >= 0.6 is 11.3 Å². The molecular weight excluding hydrogens is 574 g/mol. The molecule has 0 atom stereocenters. The van der Waals surface area contributed by atoms with E-state index < -0.39 is 5.91 Å². The van der Waals surface area contributed by atoms with Crippen molar-refractivity contribution in [3.63, 3.8) is 0 Å². The Morgan fingerprint density at radius 1 is 1.02 bits per heavy atom. The van der Waals surface area contributed by atoms with Gasteiger partial charge in [-0.05, 0) is 69.8 Å². The standard InChI is InChI=1S/C32H45N9O2S/c1-4-22-19-24(5-6-27(22)41-11-7-25(8-12-41)40-15-13-39(3)14-16-40)36-32-29(30(33)42)37-28(26-20-44-21(2)34-26)31(38-32)35-23-9-17-43-18-10-23/h5-6,19-20,23,25H,4,7-18H2,1-3H3,(H2,33,42)(H2,35,36,38). The van der Waals surface area contributed by atoms with Gasteiger partial charge in [0.1, 0.15) is 11.4 Å². The smallest absolute Gasteiger partial charge is 0.271 e. The topological polar surface area (TPSA) is 125 Å². The van der Waals surface area contributed by atoms with Crippen LogP contribution in [0, 0.1) is 6.92 Å². The Morgan fingerprint density at radius 3 is 2.43 bits per heavy atom. The van der Waals surface area contributed by atoms with E-state index in [0.29, 0.717) is 42.3 Å². The highest BCUT2D eigenvalue weighted by atomic mass is 32.1. The SMILES string of the molecule is CCc1cc(Nc2nc(NC3CCOCC3)c(-c3csc(C)n3)nc2C(N)=O)ccc1N1CCC(N2CCN(C)CC2)CC1. The van der Waals surface area contributed by atoms with Gasteiger partial charge in [-0.3, -0.25) is 9.69 Å². The lowest BCUT2D eigenvalue weighted by atomic mass is 10.00. The van der Waals surface area contributed by atoms with Gasteiger partial charge in [-0.15, -0.1) is 11.3 Å². The number of rotatable bonds is 9. The average molecular weight is 620 g/mol. The number of carbonyl (C=O) groups is 1. The fraction of sp³-hybridized carbons (Fsp3) is 0.562. The molecule has 44 heavy (non-hydrogen) atoms. The zero-order valence-electron chi connectivity index (χ0n) is 26.1. The Morgan fingerprint density at radius 2 is 1.77 bits per heavy atom. The van der Waals surface area contributed by atoms with Crippen LogP contribution in [0.15, 0.2) is 23.6 Å². The van der Waals surface area contributed by atoms with E-state index in [1.165, 1.54) is 48.5 Å². The van der Waals surface area contributed by atoms with Gasteiger partial charge in [-0.2, -0.15) is 0 Å². The Bertz CT molecular complexity index is 1440. The summed E-state index contributed by atoms with van der Waals surface area (Å²) in [6.07, 6.45) is 5.02. The molecular formula is C32H45N9O2S. The van der Waals surface area contributed by atoms with Gasteiger partial charge in [0.05, 0.1) is 5.01 Å². The number of likely N-dealkylation sites (N-methyl/N-ethyl adjacent to an activating group) is 1. The number of piperazine rings is 1. The van der Waals surface area contributed by atoms with Crippen LogP contribution in [0.25, 0.3) is 11.4 Å². The van der Waals surface area contributed by atoms with E-state index in [9.17, 15) is 4.79 Å². The van der Waals surface area contributed by atoms with Gasteiger partial charge in [0.15, 0.2) is 17.3 Å². The second-order valence-electron chi connectivity index (χ2n) is 12.1. The van der Waals surface area contributed by atoms with Crippen molar-refractivity contribution in [2.45, 2.75) is 58.0 Å². The zero-order chi connectivity index (χ0) is 30.6. The molecule has 0 unspecified atom stereocenters. The van der Waals surface area contributed by atoms with Crippen molar-refractivity contribution in [1.29, 1.82) is 0 Å². The first kappa shape index (κ1) is 30.7. The van der Waals surface area contributed by atoms with Gasteiger partial charge in [0.25, 0.3) is 5.91 Å². The number of piperidine rings is 1. The number of hydrogen-bond acceptors (Lipinski definition) is 11. The molecule has 1 aromatic carbocycles. The number of carbonyl (C=O) groups excluding carboxylic acids is 1. The summed E-state index contributed by atoms with van der Waals surface area (Å²) in [5.74, 6) is 0.289. The summed E-state index contributed by atoms with van der Waals surface area (Å²) in [5, 5.41) is 9.80. The molecule has 3 fully saturated rings. The largest absolute Gasteiger partial charge is 0.381 e. The molecule has 2 aromatic heterocycles. The number of aromatic nitrogens is 3. The van der Waals surface area contributed by atoms with Crippen LogP contribution in [0.1, 0.15) is 53.7 Å². The first-order valence-electron chi connectivity index (χ1n) is 15.9. The molecule has 236 valence electrons. The van der Waals surface area contributed by atoms with Crippen molar-refractivity contribution in [2.24, 2.45) is 5.73 Å². The van der Waals surface area contributed by atoms with Gasteiger partial charge < -0.3 is 30.9 Å². The Balaban J connectivity index is 1.23. The molecule has 0 bridgehead atoms. The highest BCUT2D eigenvalue weighted by Gasteiger charge is 2.28.